The molecule has 2 N–H and O–H groups in total. The highest BCUT2D eigenvalue weighted by atomic mass is 16.5. The predicted molar refractivity (Wildman–Crippen MR) is 139 cm³/mol. The summed E-state index contributed by atoms with van der Waals surface area (Å²) < 4.78 is 5.47. The highest BCUT2D eigenvalue weighted by molar-refractivity contribution is 6.27. The van der Waals surface area contributed by atoms with Crippen LogP contribution in [0.5, 0.6) is 5.75 Å². The number of hydrogen-bond donors (Lipinski definition) is 2. The van der Waals surface area contributed by atoms with Gasteiger partial charge in [0.2, 0.25) is 0 Å². The molecule has 2 aromatic carbocycles. The fourth-order valence-electron chi connectivity index (χ4n) is 5.12. The van der Waals surface area contributed by atoms with Crippen LogP contribution in [0.25, 0.3) is 10.8 Å². The molecule has 8 heteroatoms. The second-order valence-electron chi connectivity index (χ2n) is 9.13. The molecule has 5 rings (SSSR count). The van der Waals surface area contributed by atoms with Crippen molar-refractivity contribution < 1.29 is 24.5 Å². The minimum atomic E-state index is -1.82. The molecule has 0 radical (unpaired) electrons. The second kappa shape index (κ2) is 11.4. The van der Waals surface area contributed by atoms with Crippen LogP contribution in [-0.2, 0) is 16.0 Å². The minimum absolute atomic E-state index is 0.361. The molecule has 1 saturated heterocycles. The lowest BCUT2D eigenvalue weighted by Gasteiger charge is -2.36. The molecule has 1 aliphatic carbocycles. The molecule has 3 aromatic rings. The Hall–Kier alpha value is -3.65. The van der Waals surface area contributed by atoms with E-state index in [4.69, 9.17) is 29.5 Å². The van der Waals surface area contributed by atoms with Gasteiger partial charge >= 0.3 is 11.9 Å². The Morgan fingerprint density at radius 2 is 1.75 bits per heavy atom. The predicted octanol–water partition coefficient (Wildman–Crippen LogP) is 4.01. The van der Waals surface area contributed by atoms with Gasteiger partial charge in [0, 0.05) is 37.5 Å². The number of anilines is 1. The van der Waals surface area contributed by atoms with E-state index in [2.05, 4.69) is 65.3 Å². The Morgan fingerprint density at radius 3 is 2.42 bits per heavy atom. The Kier molecular flexibility index (Phi) is 8.05. The second-order valence-corrected chi connectivity index (χ2v) is 9.13. The van der Waals surface area contributed by atoms with Crippen molar-refractivity contribution in [1.82, 2.24) is 9.88 Å². The van der Waals surface area contributed by atoms with Crippen LogP contribution >= 0.6 is 0 Å². The number of pyridine rings is 1. The highest BCUT2D eigenvalue weighted by Gasteiger charge is 2.26. The van der Waals surface area contributed by atoms with E-state index in [1.54, 1.807) is 7.11 Å². The standard InChI is InChI=1S/C26H31N3O.C2H2O4/c1-3-28-13-15-29(16-14-28)26-23-9-5-4-7-20(23)18-25(27-26)24-10-6-8-19-17-21(30-2)11-12-22(19)24;3-1(4)2(5)6/h4-5,7,9,11-12,17-18,24H,3,6,8,10,13-16H2,1-2H3;(H,3,4)(H,5,6). The van der Waals surface area contributed by atoms with Crippen LogP contribution in [0.3, 0.4) is 0 Å². The van der Waals surface area contributed by atoms with Crippen LogP contribution in [0, 0.1) is 0 Å². The molecule has 1 aromatic heterocycles. The Balaban J connectivity index is 0.000000455. The van der Waals surface area contributed by atoms with Crippen LogP contribution in [0.4, 0.5) is 5.82 Å². The van der Waals surface area contributed by atoms with Gasteiger partial charge in [0.1, 0.15) is 11.6 Å². The van der Waals surface area contributed by atoms with Crippen LogP contribution in [0.2, 0.25) is 0 Å². The quantitative estimate of drug-likeness (QED) is 0.528. The molecule has 0 spiro atoms. The zero-order chi connectivity index (χ0) is 25.7. The molecule has 2 aliphatic rings. The van der Waals surface area contributed by atoms with E-state index in [1.165, 1.54) is 39.8 Å². The fourth-order valence-corrected chi connectivity index (χ4v) is 5.12. The summed E-state index contributed by atoms with van der Waals surface area (Å²) >= 11 is 0. The van der Waals surface area contributed by atoms with Gasteiger partial charge in [-0.1, -0.05) is 37.3 Å². The Morgan fingerprint density at radius 1 is 1.03 bits per heavy atom. The summed E-state index contributed by atoms with van der Waals surface area (Å²) in [4.78, 5) is 28.5. The molecular weight excluding hydrogens is 458 g/mol. The van der Waals surface area contributed by atoms with E-state index in [1.807, 2.05) is 0 Å². The van der Waals surface area contributed by atoms with E-state index in [-0.39, 0.29) is 0 Å². The van der Waals surface area contributed by atoms with Gasteiger partial charge in [-0.05, 0) is 60.5 Å². The maximum absolute atomic E-state index is 9.10. The van der Waals surface area contributed by atoms with Gasteiger partial charge in [0.25, 0.3) is 0 Å². The number of carbonyl (C=O) groups is 2. The average molecular weight is 492 g/mol. The number of aromatic nitrogens is 1. The van der Waals surface area contributed by atoms with Crippen molar-refractivity contribution in [3.05, 3.63) is 65.4 Å². The number of ether oxygens (including phenoxy) is 1. The maximum atomic E-state index is 9.10. The number of hydrogen-bond acceptors (Lipinski definition) is 6. The Labute approximate surface area is 211 Å². The first-order valence-corrected chi connectivity index (χ1v) is 12.4. The van der Waals surface area contributed by atoms with Crippen LogP contribution in [-0.4, -0.2) is 71.9 Å². The van der Waals surface area contributed by atoms with Crippen molar-refractivity contribution in [3.8, 4) is 5.75 Å². The third kappa shape index (κ3) is 5.60. The van der Waals surface area contributed by atoms with Gasteiger partial charge < -0.3 is 24.7 Å². The number of fused-ring (bicyclic) bond motifs is 2. The summed E-state index contributed by atoms with van der Waals surface area (Å²) in [5.41, 5.74) is 4.05. The molecule has 0 bridgehead atoms. The van der Waals surface area contributed by atoms with Gasteiger partial charge in [-0.2, -0.15) is 0 Å². The van der Waals surface area contributed by atoms with E-state index < -0.39 is 11.9 Å². The highest BCUT2D eigenvalue weighted by Crippen LogP contribution is 2.39. The van der Waals surface area contributed by atoms with Gasteiger partial charge in [-0.3, -0.25) is 0 Å². The molecule has 2 heterocycles. The molecule has 8 nitrogen and oxygen atoms in total. The number of aryl methyl sites for hydroxylation is 1. The number of carboxylic acids is 2. The van der Waals surface area contributed by atoms with Gasteiger partial charge in [0.05, 0.1) is 12.8 Å². The fraction of sp³-hybridized carbons (Fsp3) is 0.393. The number of aliphatic carboxylic acids is 2. The zero-order valence-corrected chi connectivity index (χ0v) is 20.8. The van der Waals surface area contributed by atoms with Crippen molar-refractivity contribution >= 4 is 28.5 Å². The topological polar surface area (TPSA) is 103 Å². The molecule has 1 aliphatic heterocycles. The number of rotatable bonds is 4. The number of benzene rings is 2. The lowest BCUT2D eigenvalue weighted by Crippen LogP contribution is -2.46. The summed E-state index contributed by atoms with van der Waals surface area (Å²) in [6.07, 6.45) is 3.49. The largest absolute Gasteiger partial charge is 0.497 e. The molecule has 0 saturated carbocycles. The van der Waals surface area contributed by atoms with Crippen molar-refractivity contribution in [2.45, 2.75) is 32.1 Å². The number of likely N-dealkylation sites (N-methyl/N-ethyl adjacent to an activating group) is 1. The number of nitrogens with zero attached hydrogens (tertiary/aromatic N) is 3. The number of carboxylic acid groups (broad SMARTS) is 2. The van der Waals surface area contributed by atoms with E-state index in [0.717, 1.165) is 51.3 Å². The van der Waals surface area contributed by atoms with E-state index in [0.29, 0.717) is 5.92 Å². The van der Waals surface area contributed by atoms with Gasteiger partial charge in [0.15, 0.2) is 0 Å². The number of methoxy groups -OCH3 is 1. The zero-order valence-electron chi connectivity index (χ0n) is 20.8. The summed E-state index contributed by atoms with van der Waals surface area (Å²) in [6, 6.07) is 17.6. The smallest absolute Gasteiger partial charge is 0.414 e. The third-order valence-corrected chi connectivity index (χ3v) is 7.06. The third-order valence-electron chi connectivity index (χ3n) is 7.06. The van der Waals surface area contributed by atoms with Crippen LogP contribution in [0.15, 0.2) is 48.5 Å². The first kappa shape index (κ1) is 25.4. The summed E-state index contributed by atoms with van der Waals surface area (Å²) in [7, 11) is 1.75. The van der Waals surface area contributed by atoms with Gasteiger partial charge in [-0.25, -0.2) is 14.6 Å². The summed E-state index contributed by atoms with van der Waals surface area (Å²) in [5, 5.41) is 17.4. The van der Waals surface area contributed by atoms with Crippen molar-refractivity contribution in [1.29, 1.82) is 0 Å². The monoisotopic (exact) mass is 491 g/mol. The molecule has 0 amide bonds. The first-order chi connectivity index (χ1) is 17.4. The summed E-state index contributed by atoms with van der Waals surface area (Å²) in [6.45, 7) is 7.70. The SMILES string of the molecule is CCN1CCN(c2nc(C3CCCc4cc(OC)ccc43)cc3ccccc23)CC1.O=C(O)C(=O)O. The molecule has 36 heavy (non-hydrogen) atoms. The number of piperazine rings is 1. The molecule has 190 valence electrons. The molecular formula is C28H33N3O5. The lowest BCUT2D eigenvalue weighted by molar-refractivity contribution is -0.159. The Bertz CT molecular complexity index is 1230. The normalized spacial score (nSPS) is 17.6. The first-order valence-electron chi connectivity index (χ1n) is 12.4. The minimum Gasteiger partial charge on any atom is -0.497 e. The van der Waals surface area contributed by atoms with Crippen molar-refractivity contribution in [3.63, 3.8) is 0 Å². The van der Waals surface area contributed by atoms with Gasteiger partial charge in [-0.15, -0.1) is 0 Å². The maximum Gasteiger partial charge on any atom is 0.414 e. The van der Waals surface area contributed by atoms with Crippen LogP contribution < -0.4 is 9.64 Å². The van der Waals surface area contributed by atoms with E-state index in [9.17, 15) is 0 Å². The van der Waals surface area contributed by atoms with Crippen molar-refractivity contribution in [2.75, 3.05) is 44.7 Å². The summed E-state index contributed by atoms with van der Waals surface area (Å²) in [5.74, 6) is -1.17. The lowest BCUT2D eigenvalue weighted by atomic mass is 9.80. The van der Waals surface area contributed by atoms with Crippen molar-refractivity contribution in [2.24, 2.45) is 0 Å². The van der Waals surface area contributed by atoms with E-state index >= 15 is 0 Å². The molecule has 1 atom stereocenters. The van der Waals surface area contributed by atoms with Crippen LogP contribution in [0.1, 0.15) is 42.5 Å². The molecule has 1 fully saturated rings. The molecule has 1 unspecified atom stereocenters. The average Bonchev–Trinajstić information content (AvgIpc) is 2.92.